The van der Waals surface area contributed by atoms with E-state index in [-0.39, 0.29) is 20.1 Å². The predicted molar refractivity (Wildman–Crippen MR) is 499 cm³/mol. The van der Waals surface area contributed by atoms with Gasteiger partial charge in [-0.3, -0.25) is 0 Å². The van der Waals surface area contributed by atoms with E-state index in [0.29, 0.717) is 0 Å². The zero-order valence-corrected chi connectivity index (χ0v) is 64.4. The molecule has 0 fully saturated rings. The lowest BCUT2D eigenvalue weighted by molar-refractivity contribution is 0.669. The van der Waals surface area contributed by atoms with Gasteiger partial charge in [-0.05, 0) is 206 Å². The van der Waals surface area contributed by atoms with E-state index < -0.39 is 0 Å². The van der Waals surface area contributed by atoms with Gasteiger partial charge >= 0.3 is 0 Å². The first-order chi connectivity index (χ1) is 58.1. The van der Waals surface area contributed by atoms with Gasteiger partial charge in [0.2, 0.25) is 0 Å². The minimum Gasteiger partial charge on any atom is -0.454 e. The summed E-state index contributed by atoms with van der Waals surface area (Å²) in [6.07, 6.45) is 0. The second kappa shape index (κ2) is 27.0. The molecule has 20 aromatic rings. The highest BCUT2D eigenvalue weighted by Crippen LogP contribution is 2.52. The summed E-state index contributed by atoms with van der Waals surface area (Å²) >= 11 is 1.91. The van der Waals surface area contributed by atoms with Crippen LogP contribution in [0.1, 0.15) is 0 Å². The van der Waals surface area contributed by atoms with Crippen molar-refractivity contribution in [2.75, 3.05) is 29.4 Å². The fraction of sp³-hybridized carbons (Fsp3) is 0. The van der Waals surface area contributed by atoms with E-state index in [1.54, 1.807) is 0 Å². The van der Waals surface area contributed by atoms with Gasteiger partial charge in [0.1, 0.15) is 5.58 Å². The summed E-state index contributed by atoms with van der Waals surface area (Å²) in [5, 5.41) is 7.46. The number of hydrogen-bond acceptors (Lipinski definition) is 8. The third kappa shape index (κ3) is 10.3. The quantitative estimate of drug-likeness (QED) is 0.153. The lowest BCUT2D eigenvalue weighted by Crippen LogP contribution is -2.61. The Hall–Kier alpha value is -14.8. The molecule has 544 valence electrons. The number of benzene rings is 18. The minimum absolute atomic E-state index is 0.0786. The molecule has 6 aliphatic heterocycles. The molecule has 7 nitrogen and oxygen atoms in total. The first-order valence-electron chi connectivity index (χ1n) is 40.3. The molecule has 6 aliphatic rings. The van der Waals surface area contributed by atoms with E-state index in [1.807, 2.05) is 17.4 Å². The fourth-order valence-corrected chi connectivity index (χ4v) is 21.2. The van der Waals surface area contributed by atoms with Gasteiger partial charge in [0, 0.05) is 117 Å². The average molecular weight is 1510 g/mol. The summed E-state index contributed by atoms with van der Waals surface area (Å²) in [4.78, 5) is 14.7. The van der Waals surface area contributed by atoms with Gasteiger partial charge in [-0.25, -0.2) is 0 Å². The van der Waals surface area contributed by atoms with Crippen LogP contribution in [0.25, 0.3) is 52.9 Å². The Morgan fingerprint density at radius 1 is 0.205 bits per heavy atom. The Kier molecular flexibility index (Phi) is 15.4. The number of furan rings is 1. The van der Waals surface area contributed by atoms with Crippen LogP contribution in [0.5, 0.6) is 0 Å². The summed E-state index contributed by atoms with van der Waals surface area (Å²) in [6, 6.07) is 152. The van der Waals surface area contributed by atoms with Crippen molar-refractivity contribution < 1.29 is 4.42 Å². The van der Waals surface area contributed by atoms with Crippen LogP contribution in [0.4, 0.5) is 102 Å². The van der Waals surface area contributed by atoms with Crippen LogP contribution in [0.15, 0.2) is 423 Å². The zero-order chi connectivity index (χ0) is 76.8. The molecule has 18 aromatic carbocycles. The average Bonchev–Trinajstić information content (AvgIpc) is 1.69. The van der Waals surface area contributed by atoms with Crippen molar-refractivity contribution in [3.8, 4) is 0 Å². The Balaban J connectivity index is 0.000000101. The van der Waals surface area contributed by atoms with Crippen LogP contribution in [0.2, 0.25) is 0 Å². The van der Waals surface area contributed by atoms with Crippen molar-refractivity contribution in [2.24, 2.45) is 0 Å². The van der Waals surface area contributed by atoms with E-state index in [2.05, 4.69) is 442 Å². The molecule has 0 aliphatic carbocycles. The molecule has 2 aromatic heterocycles. The molecule has 117 heavy (non-hydrogen) atoms. The summed E-state index contributed by atoms with van der Waals surface area (Å²) < 4.78 is 9.36. The SMILES string of the molecule is c1ccc(N2c3ccccc3B3c4ccc5c(oc6ccccc65)c4N(c4ccccc4)c4cccc2c43)cc1.c1ccc(N2c3ccccc3B3c4ccc5c(sc6ccccc65)c4N(c4ccccc4)c4cccc2c43)cc1.c1ccc(N2c3ccccc3B3c4ccccc4N(c4ccc5ccccc5c4)c4cccc2c43)cc1. The number of nitrogens with zero attached hydrogens (tertiary/aromatic N) is 6. The van der Waals surface area contributed by atoms with E-state index in [1.165, 1.54) is 165 Å². The van der Waals surface area contributed by atoms with Gasteiger partial charge in [0.15, 0.2) is 5.58 Å². The fourth-order valence-electron chi connectivity index (χ4n) is 20.0. The van der Waals surface area contributed by atoms with Crippen molar-refractivity contribution in [1.82, 2.24) is 0 Å². The van der Waals surface area contributed by atoms with Crippen LogP contribution in [0.3, 0.4) is 0 Å². The number of thiophene rings is 1. The monoisotopic (exact) mass is 1510 g/mol. The van der Waals surface area contributed by atoms with Crippen LogP contribution in [-0.4, -0.2) is 20.1 Å². The standard InChI is InChI=1S/C36H23BN2O.C36H23BN2S.C34H23BN2/c2*1-3-12-24(13-4-1)38-30-18-9-8-17-28(30)37-29-23-22-27-26-16-7-10-21-33(26)40-36(27)35(29)39(25-14-5-2-6-15-25)32-20-11-19-31(38)34(32)37;1-2-13-26(14-3-1)36-30-17-8-6-15-28(30)35-29-16-7-9-18-31(29)37(33-20-10-19-32(36)34(33)35)27-22-21-24-11-4-5-12-25(24)23-27/h2*1-23H;1-23H. The molecule has 0 atom stereocenters. The molecule has 0 bridgehead atoms. The third-order valence-corrected chi connectivity index (χ3v) is 25.9. The molecular weight excluding hydrogens is 1440 g/mol. The number of para-hydroxylation sites is 10. The smallest absolute Gasteiger partial charge is 0.252 e. The van der Waals surface area contributed by atoms with E-state index in [9.17, 15) is 0 Å². The second-order valence-corrected chi connectivity index (χ2v) is 31.9. The van der Waals surface area contributed by atoms with Gasteiger partial charge in [0.05, 0.1) is 16.1 Å². The topological polar surface area (TPSA) is 32.6 Å². The first-order valence-corrected chi connectivity index (χ1v) is 41.1. The number of fused-ring (bicyclic) bond motifs is 21. The molecule has 26 rings (SSSR count). The lowest BCUT2D eigenvalue weighted by atomic mass is 9.33. The van der Waals surface area contributed by atoms with Gasteiger partial charge in [-0.2, -0.15) is 0 Å². The second-order valence-electron chi connectivity index (χ2n) is 30.8. The lowest BCUT2D eigenvalue weighted by Gasteiger charge is -2.44. The molecule has 0 N–H and O–H groups in total. The van der Waals surface area contributed by atoms with Crippen LogP contribution in [0, 0.1) is 0 Å². The van der Waals surface area contributed by atoms with Crippen LogP contribution < -0.4 is 78.6 Å². The maximum Gasteiger partial charge on any atom is 0.252 e. The Morgan fingerprint density at radius 3 is 1.01 bits per heavy atom. The molecule has 0 saturated heterocycles. The van der Waals surface area contributed by atoms with Gasteiger partial charge in [0.25, 0.3) is 20.1 Å². The summed E-state index contributed by atoms with van der Waals surface area (Å²) in [6.45, 7) is 0.400. The number of hydrogen-bond donors (Lipinski definition) is 0. The van der Waals surface area contributed by atoms with Crippen LogP contribution in [-0.2, 0) is 0 Å². The van der Waals surface area contributed by atoms with E-state index in [4.69, 9.17) is 4.42 Å². The van der Waals surface area contributed by atoms with Crippen LogP contribution >= 0.6 is 11.3 Å². The zero-order valence-electron chi connectivity index (χ0n) is 63.6. The van der Waals surface area contributed by atoms with Gasteiger partial charge in [-0.1, -0.05) is 273 Å². The summed E-state index contributed by atoms with van der Waals surface area (Å²) in [5.74, 6) is 0. The highest BCUT2D eigenvalue weighted by molar-refractivity contribution is 7.26. The molecule has 0 radical (unpaired) electrons. The minimum atomic E-state index is 0.0786. The van der Waals surface area contributed by atoms with Crippen molar-refractivity contribution >= 4 is 236 Å². The molecule has 0 amide bonds. The number of anilines is 18. The van der Waals surface area contributed by atoms with Crippen molar-refractivity contribution in [3.05, 3.63) is 419 Å². The van der Waals surface area contributed by atoms with Crippen molar-refractivity contribution in [2.45, 2.75) is 0 Å². The normalized spacial score (nSPS) is 13.3. The van der Waals surface area contributed by atoms with Crippen molar-refractivity contribution in [1.29, 1.82) is 0 Å². The van der Waals surface area contributed by atoms with Crippen molar-refractivity contribution in [3.63, 3.8) is 0 Å². The number of rotatable bonds is 6. The third-order valence-electron chi connectivity index (χ3n) is 24.7. The molecule has 0 saturated carbocycles. The predicted octanol–water partition coefficient (Wildman–Crippen LogP) is 22.7. The van der Waals surface area contributed by atoms with Gasteiger partial charge in [-0.15, -0.1) is 11.3 Å². The maximum absolute atomic E-state index is 6.69. The molecular formula is C106H69B3N6OS. The van der Waals surface area contributed by atoms with E-state index in [0.717, 1.165) is 39.0 Å². The molecule has 8 heterocycles. The Labute approximate surface area is 683 Å². The highest BCUT2D eigenvalue weighted by Gasteiger charge is 2.48. The Morgan fingerprint density at radius 2 is 0.538 bits per heavy atom. The summed E-state index contributed by atoms with van der Waals surface area (Å²) in [5.41, 5.74) is 35.6. The Bertz CT molecular complexity index is 7070. The maximum atomic E-state index is 6.69. The van der Waals surface area contributed by atoms with E-state index >= 15 is 0 Å². The molecule has 11 heteroatoms. The highest BCUT2D eigenvalue weighted by atomic mass is 32.1. The molecule has 0 spiro atoms. The largest absolute Gasteiger partial charge is 0.454 e. The first kappa shape index (κ1) is 66.8. The molecule has 0 unspecified atom stereocenters. The van der Waals surface area contributed by atoms with Gasteiger partial charge < -0.3 is 33.8 Å². The summed E-state index contributed by atoms with van der Waals surface area (Å²) in [7, 11) is 0.